The summed E-state index contributed by atoms with van der Waals surface area (Å²) in [6.45, 7) is 5.24. The molecular weight excluding hydrogens is 490 g/mol. The van der Waals surface area contributed by atoms with Gasteiger partial charge in [0.2, 0.25) is 5.91 Å². The van der Waals surface area contributed by atoms with Crippen LogP contribution in [0.5, 0.6) is 0 Å². The molecule has 0 fully saturated rings. The molecule has 0 aliphatic carbocycles. The van der Waals surface area contributed by atoms with Crippen LogP contribution < -0.4 is 16.0 Å². The minimum Gasteiger partial charge on any atom is -0.355 e. The number of carbonyl (C=O) groups is 1. The van der Waals surface area contributed by atoms with E-state index >= 15 is 0 Å². The fourth-order valence-corrected chi connectivity index (χ4v) is 3.67. The van der Waals surface area contributed by atoms with Crippen LogP contribution in [-0.4, -0.2) is 38.0 Å². The molecule has 1 atom stereocenters. The minimum atomic E-state index is -0.330. The van der Waals surface area contributed by atoms with Crippen molar-refractivity contribution in [1.29, 1.82) is 0 Å². The molecule has 2 rings (SSSR count). The Morgan fingerprint density at radius 2 is 1.96 bits per heavy atom. The van der Waals surface area contributed by atoms with Gasteiger partial charge >= 0.3 is 0 Å². The summed E-state index contributed by atoms with van der Waals surface area (Å²) in [6, 6.07) is 10.6. The van der Waals surface area contributed by atoms with Gasteiger partial charge in [0.15, 0.2) is 5.96 Å². The number of aliphatic imine (C=N–C) groups is 1. The predicted octanol–water partition coefficient (Wildman–Crippen LogP) is 3.27. The van der Waals surface area contributed by atoms with E-state index in [9.17, 15) is 9.18 Å². The first-order chi connectivity index (χ1) is 13.0. The summed E-state index contributed by atoms with van der Waals surface area (Å²) in [4.78, 5) is 18.8. The van der Waals surface area contributed by atoms with E-state index in [1.165, 1.54) is 21.9 Å². The SMILES string of the molecule is CN=C(NCCNC(=O)Cc1cccc(F)c1)NC(C)Cc1ccc(C)s1.I. The quantitative estimate of drug-likeness (QED) is 0.218. The Labute approximate surface area is 187 Å². The van der Waals surface area contributed by atoms with Crippen LogP contribution in [0.1, 0.15) is 22.2 Å². The molecule has 5 nitrogen and oxygen atoms in total. The van der Waals surface area contributed by atoms with Gasteiger partial charge in [-0.05, 0) is 43.7 Å². The maximum atomic E-state index is 13.1. The van der Waals surface area contributed by atoms with Crippen molar-refractivity contribution in [2.24, 2.45) is 4.99 Å². The summed E-state index contributed by atoms with van der Waals surface area (Å²) in [7, 11) is 1.72. The molecule has 1 amide bonds. The molecule has 154 valence electrons. The van der Waals surface area contributed by atoms with Crippen LogP contribution in [0.3, 0.4) is 0 Å². The second-order valence-corrected chi connectivity index (χ2v) is 7.79. The van der Waals surface area contributed by atoms with E-state index in [1.54, 1.807) is 30.5 Å². The number of guanidine groups is 1. The number of halogens is 2. The Kier molecular flexibility index (Phi) is 11.1. The van der Waals surface area contributed by atoms with Gasteiger partial charge in [0, 0.05) is 42.4 Å². The standard InChI is InChI=1S/C20H27FN4OS.HI/c1-14(11-18-8-7-15(2)27-18)25-20(22-3)24-10-9-23-19(26)13-16-5-4-6-17(21)12-16;/h4-8,12,14H,9-11,13H2,1-3H3,(H,23,26)(H2,22,24,25);1H. The van der Waals surface area contributed by atoms with E-state index < -0.39 is 0 Å². The van der Waals surface area contributed by atoms with Gasteiger partial charge in [-0.2, -0.15) is 0 Å². The van der Waals surface area contributed by atoms with Crippen molar-refractivity contribution in [3.63, 3.8) is 0 Å². The first kappa shape index (κ1) is 24.4. The molecule has 8 heteroatoms. The van der Waals surface area contributed by atoms with Gasteiger partial charge in [-0.1, -0.05) is 12.1 Å². The zero-order valence-electron chi connectivity index (χ0n) is 16.4. The summed E-state index contributed by atoms with van der Waals surface area (Å²) in [5.74, 6) is 0.241. The third-order valence-corrected chi connectivity index (χ3v) is 4.93. The van der Waals surface area contributed by atoms with Gasteiger partial charge in [-0.25, -0.2) is 4.39 Å². The smallest absolute Gasteiger partial charge is 0.224 e. The Hall–Kier alpha value is -1.68. The Bertz CT molecular complexity index is 781. The number of aryl methyl sites for hydroxylation is 1. The number of nitrogens with one attached hydrogen (secondary N) is 3. The van der Waals surface area contributed by atoms with Crippen molar-refractivity contribution >= 4 is 47.2 Å². The fraction of sp³-hybridized carbons (Fsp3) is 0.400. The van der Waals surface area contributed by atoms with Gasteiger partial charge in [0.25, 0.3) is 0 Å². The van der Waals surface area contributed by atoms with Gasteiger partial charge in [-0.15, -0.1) is 35.3 Å². The minimum absolute atomic E-state index is 0. The number of carbonyl (C=O) groups excluding carboxylic acids is 1. The van der Waals surface area contributed by atoms with Crippen LogP contribution in [0.4, 0.5) is 4.39 Å². The molecule has 0 radical (unpaired) electrons. The molecule has 3 N–H and O–H groups in total. The van der Waals surface area contributed by atoms with Crippen LogP contribution in [-0.2, 0) is 17.6 Å². The number of nitrogens with zero attached hydrogens (tertiary/aromatic N) is 1. The van der Waals surface area contributed by atoms with Crippen LogP contribution in [0.25, 0.3) is 0 Å². The second kappa shape index (κ2) is 12.7. The van der Waals surface area contributed by atoms with Crippen molar-refractivity contribution in [3.05, 3.63) is 57.5 Å². The van der Waals surface area contributed by atoms with E-state index in [4.69, 9.17) is 0 Å². The maximum absolute atomic E-state index is 13.1. The highest BCUT2D eigenvalue weighted by molar-refractivity contribution is 14.0. The van der Waals surface area contributed by atoms with Gasteiger partial charge in [0.05, 0.1) is 6.42 Å². The molecule has 0 aliphatic heterocycles. The van der Waals surface area contributed by atoms with E-state index in [0.29, 0.717) is 24.6 Å². The molecule has 1 unspecified atom stereocenters. The lowest BCUT2D eigenvalue weighted by molar-refractivity contribution is -0.120. The van der Waals surface area contributed by atoms with Crippen molar-refractivity contribution in [3.8, 4) is 0 Å². The Morgan fingerprint density at radius 3 is 2.61 bits per heavy atom. The number of rotatable bonds is 8. The molecule has 1 aromatic carbocycles. The third-order valence-electron chi connectivity index (χ3n) is 3.90. The molecular formula is C20H28FIN4OS. The molecule has 1 aromatic heterocycles. The summed E-state index contributed by atoms with van der Waals surface area (Å²) in [5.41, 5.74) is 0.663. The lowest BCUT2D eigenvalue weighted by Gasteiger charge is -2.17. The lowest BCUT2D eigenvalue weighted by atomic mass is 10.1. The first-order valence-electron chi connectivity index (χ1n) is 9.00. The number of hydrogen-bond donors (Lipinski definition) is 3. The summed E-state index contributed by atoms with van der Waals surface area (Å²) in [6.07, 6.45) is 1.10. The Balaban J connectivity index is 0.00000392. The molecule has 0 aliphatic rings. The number of hydrogen-bond acceptors (Lipinski definition) is 3. The van der Waals surface area contributed by atoms with E-state index in [-0.39, 0.29) is 48.2 Å². The zero-order valence-corrected chi connectivity index (χ0v) is 19.6. The molecule has 0 saturated carbocycles. The molecule has 28 heavy (non-hydrogen) atoms. The third kappa shape index (κ3) is 9.01. The van der Waals surface area contributed by atoms with Crippen molar-refractivity contribution in [2.75, 3.05) is 20.1 Å². The second-order valence-electron chi connectivity index (χ2n) is 6.42. The average Bonchev–Trinajstić information content (AvgIpc) is 3.02. The normalized spacial score (nSPS) is 12.1. The first-order valence-corrected chi connectivity index (χ1v) is 9.81. The number of thiophene rings is 1. The van der Waals surface area contributed by atoms with Crippen molar-refractivity contribution in [1.82, 2.24) is 16.0 Å². The van der Waals surface area contributed by atoms with Gasteiger partial charge in [-0.3, -0.25) is 9.79 Å². The molecule has 2 aromatic rings. The van der Waals surface area contributed by atoms with Crippen LogP contribution in [0.2, 0.25) is 0 Å². The van der Waals surface area contributed by atoms with Crippen molar-refractivity contribution < 1.29 is 9.18 Å². The topological polar surface area (TPSA) is 65.5 Å². The number of amides is 1. The molecule has 0 spiro atoms. The van der Waals surface area contributed by atoms with Crippen molar-refractivity contribution in [2.45, 2.75) is 32.7 Å². The number of benzene rings is 1. The maximum Gasteiger partial charge on any atom is 0.224 e. The molecule has 0 saturated heterocycles. The highest BCUT2D eigenvalue weighted by Gasteiger charge is 2.08. The summed E-state index contributed by atoms with van der Waals surface area (Å²) in [5, 5.41) is 9.36. The highest BCUT2D eigenvalue weighted by atomic mass is 127. The van der Waals surface area contributed by atoms with Gasteiger partial charge in [0.1, 0.15) is 5.82 Å². The predicted molar refractivity (Wildman–Crippen MR) is 125 cm³/mol. The van der Waals surface area contributed by atoms with Crippen LogP contribution in [0.15, 0.2) is 41.4 Å². The summed E-state index contributed by atoms with van der Waals surface area (Å²) < 4.78 is 13.1. The van der Waals surface area contributed by atoms with E-state index in [2.05, 4.69) is 46.9 Å². The molecule has 0 bridgehead atoms. The van der Waals surface area contributed by atoms with Crippen LogP contribution >= 0.6 is 35.3 Å². The van der Waals surface area contributed by atoms with E-state index in [0.717, 1.165) is 6.42 Å². The largest absolute Gasteiger partial charge is 0.355 e. The fourth-order valence-electron chi connectivity index (χ4n) is 2.65. The summed E-state index contributed by atoms with van der Waals surface area (Å²) >= 11 is 1.81. The Morgan fingerprint density at radius 1 is 1.21 bits per heavy atom. The van der Waals surface area contributed by atoms with E-state index in [1.807, 2.05) is 0 Å². The molecule has 1 heterocycles. The zero-order chi connectivity index (χ0) is 19.6. The van der Waals surface area contributed by atoms with Gasteiger partial charge < -0.3 is 16.0 Å². The average molecular weight is 518 g/mol. The highest BCUT2D eigenvalue weighted by Crippen LogP contribution is 2.16. The lowest BCUT2D eigenvalue weighted by Crippen LogP contribution is -2.45. The van der Waals surface area contributed by atoms with Crippen LogP contribution in [0, 0.1) is 12.7 Å². The monoisotopic (exact) mass is 518 g/mol.